The van der Waals surface area contributed by atoms with Gasteiger partial charge in [-0.05, 0) is 50.4 Å². The molecular formula is C22H29N5O3. The van der Waals surface area contributed by atoms with Gasteiger partial charge in [0, 0.05) is 36.8 Å². The van der Waals surface area contributed by atoms with Crippen LogP contribution in [0.1, 0.15) is 19.5 Å². The molecule has 1 saturated heterocycles. The number of ether oxygens (including phenoxy) is 3. The second-order valence-electron chi connectivity index (χ2n) is 7.73. The van der Waals surface area contributed by atoms with Gasteiger partial charge in [-0.2, -0.15) is 10.1 Å². The Labute approximate surface area is 176 Å². The third-order valence-corrected chi connectivity index (χ3v) is 4.86. The van der Waals surface area contributed by atoms with E-state index < -0.39 is 0 Å². The van der Waals surface area contributed by atoms with Crippen LogP contribution in [0.3, 0.4) is 0 Å². The molecule has 1 aliphatic rings. The van der Waals surface area contributed by atoms with Gasteiger partial charge in [-0.15, -0.1) is 0 Å². The molecule has 8 nitrogen and oxygen atoms in total. The number of benzene rings is 1. The van der Waals surface area contributed by atoms with Crippen molar-refractivity contribution in [3.8, 4) is 11.6 Å². The van der Waals surface area contributed by atoms with Crippen molar-refractivity contribution in [3.63, 3.8) is 0 Å². The highest BCUT2D eigenvalue weighted by Gasteiger charge is 2.13. The molecule has 0 spiro atoms. The maximum atomic E-state index is 6.02. The summed E-state index contributed by atoms with van der Waals surface area (Å²) in [6.07, 6.45) is 0.0213. The monoisotopic (exact) mass is 411 g/mol. The first-order valence-electron chi connectivity index (χ1n) is 10.4. The number of pyridine rings is 1. The quantitative estimate of drug-likeness (QED) is 0.587. The summed E-state index contributed by atoms with van der Waals surface area (Å²) in [7, 11) is 0. The summed E-state index contributed by atoms with van der Waals surface area (Å²) in [5, 5.41) is 12.4. The Morgan fingerprint density at radius 2 is 2.00 bits per heavy atom. The maximum Gasteiger partial charge on any atom is 0.223 e. The minimum Gasteiger partial charge on any atom is -0.492 e. The van der Waals surface area contributed by atoms with Gasteiger partial charge in [0.15, 0.2) is 5.82 Å². The highest BCUT2D eigenvalue weighted by atomic mass is 16.5. The number of hydrogen-bond donors (Lipinski definition) is 2. The van der Waals surface area contributed by atoms with E-state index in [1.165, 1.54) is 0 Å². The van der Waals surface area contributed by atoms with Crippen molar-refractivity contribution in [2.45, 2.75) is 26.9 Å². The molecule has 1 aliphatic heterocycles. The third-order valence-electron chi connectivity index (χ3n) is 4.86. The highest BCUT2D eigenvalue weighted by molar-refractivity contribution is 5.90. The predicted octanol–water partition coefficient (Wildman–Crippen LogP) is 3.51. The standard InChI is InChI=1S/C22H29N5O3/c1-15(2)30-22-19-5-4-18(29-11-8-27-6-9-28-10-7-27)13-17(19)14-20(24-22)23-21-12-16(3)25-26-21/h4-5,12-15H,6-11H2,1-3H3,(H2,23,24,25,26). The topological polar surface area (TPSA) is 84.5 Å². The fraction of sp³-hybridized carbons (Fsp3) is 0.455. The summed E-state index contributed by atoms with van der Waals surface area (Å²) in [5.41, 5.74) is 0.980. The number of aryl methyl sites for hydroxylation is 1. The van der Waals surface area contributed by atoms with Crippen LogP contribution in [-0.2, 0) is 4.74 Å². The van der Waals surface area contributed by atoms with Crippen LogP contribution >= 0.6 is 0 Å². The SMILES string of the molecule is Cc1cc(Nc2cc3cc(OCCN4CCOCC4)ccc3c(OC(C)C)n2)n[nH]1. The molecule has 30 heavy (non-hydrogen) atoms. The van der Waals surface area contributed by atoms with Crippen LogP contribution in [0, 0.1) is 6.92 Å². The largest absolute Gasteiger partial charge is 0.492 e. The number of aromatic amines is 1. The van der Waals surface area contributed by atoms with Gasteiger partial charge >= 0.3 is 0 Å². The highest BCUT2D eigenvalue weighted by Crippen LogP contribution is 2.31. The Hall–Kier alpha value is -2.84. The molecule has 1 aromatic carbocycles. The zero-order valence-corrected chi connectivity index (χ0v) is 17.8. The van der Waals surface area contributed by atoms with Crippen LogP contribution in [0.4, 0.5) is 11.6 Å². The number of fused-ring (bicyclic) bond motifs is 1. The van der Waals surface area contributed by atoms with Crippen molar-refractivity contribution < 1.29 is 14.2 Å². The van der Waals surface area contributed by atoms with Crippen LogP contribution in [0.15, 0.2) is 30.3 Å². The molecule has 3 aromatic rings. The minimum atomic E-state index is 0.0213. The van der Waals surface area contributed by atoms with E-state index in [-0.39, 0.29) is 6.10 Å². The van der Waals surface area contributed by atoms with Crippen LogP contribution in [0.5, 0.6) is 11.6 Å². The maximum absolute atomic E-state index is 6.02. The Kier molecular flexibility index (Phi) is 6.35. The zero-order chi connectivity index (χ0) is 20.9. The molecule has 0 atom stereocenters. The molecule has 8 heteroatoms. The smallest absolute Gasteiger partial charge is 0.223 e. The summed E-state index contributed by atoms with van der Waals surface area (Å²) in [5.74, 6) is 2.82. The van der Waals surface area contributed by atoms with Crippen molar-refractivity contribution in [1.29, 1.82) is 0 Å². The first kappa shape index (κ1) is 20.4. The predicted molar refractivity (Wildman–Crippen MR) is 117 cm³/mol. The summed E-state index contributed by atoms with van der Waals surface area (Å²) in [6, 6.07) is 9.93. The number of hydrogen-bond acceptors (Lipinski definition) is 7. The Bertz CT molecular complexity index is 982. The molecule has 3 heterocycles. The van der Waals surface area contributed by atoms with Crippen molar-refractivity contribution in [2.24, 2.45) is 0 Å². The molecule has 160 valence electrons. The lowest BCUT2D eigenvalue weighted by atomic mass is 10.1. The zero-order valence-electron chi connectivity index (χ0n) is 17.8. The number of H-pyrrole nitrogens is 1. The second-order valence-corrected chi connectivity index (χ2v) is 7.73. The molecule has 1 fully saturated rings. The van der Waals surface area contributed by atoms with Gasteiger partial charge < -0.3 is 19.5 Å². The van der Waals surface area contributed by atoms with E-state index in [1.807, 2.05) is 51.1 Å². The molecule has 0 radical (unpaired) electrons. The number of nitrogens with zero attached hydrogens (tertiary/aromatic N) is 3. The van der Waals surface area contributed by atoms with Crippen LogP contribution in [0.2, 0.25) is 0 Å². The lowest BCUT2D eigenvalue weighted by Crippen LogP contribution is -2.38. The van der Waals surface area contributed by atoms with Crippen molar-refractivity contribution in [3.05, 3.63) is 36.0 Å². The molecule has 0 bridgehead atoms. The Morgan fingerprint density at radius 3 is 2.73 bits per heavy atom. The summed E-state index contributed by atoms with van der Waals surface area (Å²) in [6.45, 7) is 11.0. The number of morpholine rings is 1. The van der Waals surface area contributed by atoms with E-state index in [4.69, 9.17) is 14.2 Å². The first-order valence-corrected chi connectivity index (χ1v) is 10.4. The van der Waals surface area contributed by atoms with Crippen LogP contribution < -0.4 is 14.8 Å². The molecule has 2 aromatic heterocycles. The van der Waals surface area contributed by atoms with E-state index in [9.17, 15) is 0 Å². The van der Waals surface area contributed by atoms with Crippen LogP contribution in [-0.4, -0.2) is 65.6 Å². The fourth-order valence-corrected chi connectivity index (χ4v) is 3.40. The van der Waals surface area contributed by atoms with Crippen molar-refractivity contribution in [1.82, 2.24) is 20.1 Å². The van der Waals surface area contributed by atoms with E-state index >= 15 is 0 Å². The molecule has 0 amide bonds. The molecule has 0 aliphatic carbocycles. The van der Waals surface area contributed by atoms with E-state index in [0.29, 0.717) is 24.1 Å². The van der Waals surface area contributed by atoms with Gasteiger partial charge in [0.1, 0.15) is 18.2 Å². The Balaban J connectivity index is 1.53. The summed E-state index contributed by atoms with van der Waals surface area (Å²) in [4.78, 5) is 7.01. The molecule has 0 saturated carbocycles. The summed E-state index contributed by atoms with van der Waals surface area (Å²) < 4.78 is 17.4. The van der Waals surface area contributed by atoms with Crippen molar-refractivity contribution in [2.75, 3.05) is 44.8 Å². The van der Waals surface area contributed by atoms with Gasteiger partial charge in [0.2, 0.25) is 5.88 Å². The first-order chi connectivity index (χ1) is 14.6. The fourth-order valence-electron chi connectivity index (χ4n) is 3.40. The number of aromatic nitrogens is 3. The third kappa shape index (κ3) is 5.20. The lowest BCUT2D eigenvalue weighted by Gasteiger charge is -2.26. The van der Waals surface area contributed by atoms with Gasteiger partial charge in [0.25, 0.3) is 0 Å². The molecule has 4 rings (SSSR count). The molecule has 2 N–H and O–H groups in total. The van der Waals surface area contributed by atoms with Crippen LogP contribution in [0.25, 0.3) is 10.8 Å². The van der Waals surface area contributed by atoms with Gasteiger partial charge in [-0.25, -0.2) is 0 Å². The second kappa shape index (κ2) is 9.32. The van der Waals surface area contributed by atoms with E-state index in [2.05, 4.69) is 25.4 Å². The number of rotatable bonds is 8. The number of nitrogens with one attached hydrogen (secondary N) is 2. The average Bonchev–Trinajstić information content (AvgIpc) is 3.13. The van der Waals surface area contributed by atoms with Gasteiger partial charge in [-0.3, -0.25) is 10.00 Å². The normalized spacial score (nSPS) is 14.9. The summed E-state index contributed by atoms with van der Waals surface area (Å²) >= 11 is 0. The number of anilines is 2. The van der Waals surface area contributed by atoms with Crippen molar-refractivity contribution >= 4 is 22.4 Å². The van der Waals surface area contributed by atoms with E-state index in [0.717, 1.165) is 55.1 Å². The Morgan fingerprint density at radius 1 is 1.17 bits per heavy atom. The van der Waals surface area contributed by atoms with E-state index in [1.54, 1.807) is 0 Å². The van der Waals surface area contributed by atoms with Gasteiger partial charge in [-0.1, -0.05) is 0 Å². The minimum absolute atomic E-state index is 0.0213. The lowest BCUT2D eigenvalue weighted by molar-refractivity contribution is 0.0322. The molecular weight excluding hydrogens is 382 g/mol. The average molecular weight is 412 g/mol. The molecule has 0 unspecified atom stereocenters. The van der Waals surface area contributed by atoms with Gasteiger partial charge in [0.05, 0.1) is 19.3 Å².